The summed E-state index contributed by atoms with van der Waals surface area (Å²) in [4.78, 5) is 11.4. The van der Waals surface area contributed by atoms with Gasteiger partial charge in [-0.15, -0.1) is 0 Å². The molecular formula is C12H24N2O2. The Labute approximate surface area is 97.9 Å². The number of nitrogens with one attached hydrogen (secondary N) is 1. The number of ether oxygens (including phenoxy) is 1. The third-order valence-corrected chi connectivity index (χ3v) is 3.27. The van der Waals surface area contributed by atoms with Crippen molar-refractivity contribution in [3.63, 3.8) is 0 Å². The molecule has 0 spiro atoms. The van der Waals surface area contributed by atoms with Crippen molar-refractivity contribution in [3.05, 3.63) is 0 Å². The van der Waals surface area contributed by atoms with Crippen LogP contribution >= 0.6 is 0 Å². The van der Waals surface area contributed by atoms with E-state index in [9.17, 15) is 4.79 Å². The summed E-state index contributed by atoms with van der Waals surface area (Å²) in [5.41, 5.74) is 4.66. The summed E-state index contributed by atoms with van der Waals surface area (Å²) in [6.07, 6.45) is 6.31. The average Bonchev–Trinajstić information content (AvgIpc) is 2.28. The van der Waals surface area contributed by atoms with Crippen LogP contribution in [0.5, 0.6) is 0 Å². The first-order valence-corrected chi connectivity index (χ1v) is 6.25. The van der Waals surface area contributed by atoms with E-state index in [1.807, 2.05) is 13.8 Å². The van der Waals surface area contributed by atoms with Crippen LogP contribution in [0.15, 0.2) is 0 Å². The molecule has 0 heterocycles. The maximum absolute atomic E-state index is 11.4. The fraction of sp³-hybridized carbons (Fsp3) is 0.917. The van der Waals surface area contributed by atoms with Gasteiger partial charge in [0.25, 0.3) is 0 Å². The molecule has 1 fully saturated rings. The topological polar surface area (TPSA) is 64.3 Å². The zero-order valence-corrected chi connectivity index (χ0v) is 10.4. The molecule has 0 bridgehead atoms. The molecule has 4 nitrogen and oxygen atoms in total. The molecule has 0 aromatic rings. The quantitative estimate of drug-likeness (QED) is 0.717. The number of carbonyl (C=O) groups excluding carboxylic acids is 1. The number of carbonyl (C=O) groups is 1. The van der Waals surface area contributed by atoms with E-state index in [4.69, 9.17) is 10.5 Å². The van der Waals surface area contributed by atoms with Crippen molar-refractivity contribution in [1.29, 1.82) is 0 Å². The molecule has 1 amide bonds. The van der Waals surface area contributed by atoms with Crippen molar-refractivity contribution in [1.82, 2.24) is 5.32 Å². The van der Waals surface area contributed by atoms with Gasteiger partial charge in [0.1, 0.15) is 5.54 Å². The summed E-state index contributed by atoms with van der Waals surface area (Å²) in [5, 5.41) is 3.10. The molecule has 4 heteroatoms. The van der Waals surface area contributed by atoms with E-state index in [0.29, 0.717) is 19.3 Å². The number of hydrogen-bond acceptors (Lipinski definition) is 3. The van der Waals surface area contributed by atoms with Crippen LogP contribution in [0.1, 0.15) is 46.0 Å². The third kappa shape index (κ3) is 3.76. The minimum absolute atomic E-state index is 0.311. The Kier molecular flexibility index (Phi) is 5.22. The van der Waals surface area contributed by atoms with Gasteiger partial charge in [0.2, 0.25) is 5.91 Å². The summed E-state index contributed by atoms with van der Waals surface area (Å²) >= 11 is 0. The summed E-state index contributed by atoms with van der Waals surface area (Å²) in [7, 11) is 0. The molecule has 0 aromatic carbocycles. The fourth-order valence-corrected chi connectivity index (χ4v) is 2.12. The Morgan fingerprint density at radius 2 is 2.06 bits per heavy atom. The van der Waals surface area contributed by atoms with Gasteiger partial charge in [-0.2, -0.15) is 0 Å². The van der Waals surface area contributed by atoms with Gasteiger partial charge >= 0.3 is 0 Å². The van der Waals surface area contributed by atoms with Crippen molar-refractivity contribution < 1.29 is 9.53 Å². The molecule has 0 aliphatic heterocycles. The molecule has 1 saturated carbocycles. The Morgan fingerprint density at radius 3 is 2.56 bits per heavy atom. The molecule has 0 radical (unpaired) electrons. The summed E-state index contributed by atoms with van der Waals surface area (Å²) in [6.45, 7) is 4.86. The van der Waals surface area contributed by atoms with Crippen LogP contribution in [0, 0.1) is 0 Å². The van der Waals surface area contributed by atoms with Gasteiger partial charge in [-0.1, -0.05) is 26.2 Å². The van der Waals surface area contributed by atoms with Crippen LogP contribution in [0.3, 0.4) is 0 Å². The molecule has 1 unspecified atom stereocenters. The van der Waals surface area contributed by atoms with Crippen molar-refractivity contribution in [2.75, 3.05) is 13.2 Å². The number of primary amides is 1. The first kappa shape index (κ1) is 13.5. The van der Waals surface area contributed by atoms with Crippen LogP contribution in [0.4, 0.5) is 0 Å². The fourth-order valence-electron chi connectivity index (χ4n) is 2.12. The predicted molar refractivity (Wildman–Crippen MR) is 64.1 cm³/mol. The van der Waals surface area contributed by atoms with E-state index in [0.717, 1.165) is 12.8 Å². The van der Waals surface area contributed by atoms with Gasteiger partial charge in [-0.05, 0) is 26.3 Å². The Morgan fingerprint density at radius 1 is 1.44 bits per heavy atom. The second-order valence-electron chi connectivity index (χ2n) is 4.80. The van der Waals surface area contributed by atoms with Gasteiger partial charge in [-0.3, -0.25) is 4.79 Å². The van der Waals surface area contributed by atoms with Crippen molar-refractivity contribution in [2.45, 2.75) is 57.6 Å². The second kappa shape index (κ2) is 6.21. The lowest BCUT2D eigenvalue weighted by Gasteiger charge is -2.30. The SMILES string of the molecule is CCNC(C)(COC1CCCCC1)C(N)=O. The molecule has 3 N–H and O–H groups in total. The van der Waals surface area contributed by atoms with Gasteiger partial charge in [-0.25, -0.2) is 0 Å². The van der Waals surface area contributed by atoms with Gasteiger partial charge in [0.05, 0.1) is 12.7 Å². The van der Waals surface area contributed by atoms with E-state index in [1.165, 1.54) is 19.3 Å². The lowest BCUT2D eigenvalue weighted by Crippen LogP contribution is -2.56. The highest BCUT2D eigenvalue weighted by Crippen LogP contribution is 2.21. The van der Waals surface area contributed by atoms with Crippen LogP contribution < -0.4 is 11.1 Å². The largest absolute Gasteiger partial charge is 0.376 e. The van der Waals surface area contributed by atoms with Crippen molar-refractivity contribution in [2.24, 2.45) is 5.73 Å². The Balaban J connectivity index is 2.39. The maximum Gasteiger partial charge on any atom is 0.239 e. The number of hydrogen-bond donors (Lipinski definition) is 2. The highest BCUT2D eigenvalue weighted by atomic mass is 16.5. The molecule has 94 valence electrons. The first-order valence-electron chi connectivity index (χ1n) is 6.25. The van der Waals surface area contributed by atoms with E-state index in [1.54, 1.807) is 0 Å². The molecule has 0 saturated heterocycles. The van der Waals surface area contributed by atoms with E-state index >= 15 is 0 Å². The van der Waals surface area contributed by atoms with Crippen molar-refractivity contribution in [3.8, 4) is 0 Å². The Hall–Kier alpha value is -0.610. The lowest BCUT2D eigenvalue weighted by atomic mass is 9.97. The minimum atomic E-state index is -0.730. The minimum Gasteiger partial charge on any atom is -0.376 e. The Bertz CT molecular complexity index is 227. The molecule has 1 aliphatic rings. The first-order chi connectivity index (χ1) is 7.58. The van der Waals surface area contributed by atoms with Crippen molar-refractivity contribution >= 4 is 5.91 Å². The second-order valence-corrected chi connectivity index (χ2v) is 4.80. The van der Waals surface area contributed by atoms with E-state index < -0.39 is 5.54 Å². The normalized spacial score (nSPS) is 21.6. The standard InChI is InChI=1S/C12H24N2O2/c1-3-14-12(2,11(13)15)9-16-10-7-5-4-6-8-10/h10,14H,3-9H2,1-2H3,(H2,13,15). The average molecular weight is 228 g/mol. The van der Waals surface area contributed by atoms with Crippen LogP contribution in [0.2, 0.25) is 0 Å². The van der Waals surface area contributed by atoms with Crippen LogP contribution in [-0.4, -0.2) is 30.7 Å². The highest BCUT2D eigenvalue weighted by molar-refractivity contribution is 5.84. The number of nitrogens with two attached hydrogens (primary N) is 1. The summed E-state index contributed by atoms with van der Waals surface area (Å²) in [6, 6.07) is 0. The van der Waals surface area contributed by atoms with Crippen LogP contribution in [-0.2, 0) is 9.53 Å². The van der Waals surface area contributed by atoms with E-state index in [2.05, 4.69) is 5.32 Å². The molecule has 1 rings (SSSR count). The summed E-state index contributed by atoms with van der Waals surface area (Å²) < 4.78 is 5.80. The molecule has 16 heavy (non-hydrogen) atoms. The smallest absolute Gasteiger partial charge is 0.239 e. The summed E-state index contributed by atoms with van der Waals surface area (Å²) in [5.74, 6) is -0.342. The number of rotatable bonds is 6. The number of likely N-dealkylation sites (N-methyl/N-ethyl adjacent to an activating group) is 1. The molecule has 1 atom stereocenters. The molecule has 0 aromatic heterocycles. The number of amides is 1. The third-order valence-electron chi connectivity index (χ3n) is 3.27. The van der Waals surface area contributed by atoms with E-state index in [-0.39, 0.29) is 5.91 Å². The van der Waals surface area contributed by atoms with Gasteiger partial charge in [0, 0.05) is 0 Å². The zero-order chi connectivity index (χ0) is 12.0. The van der Waals surface area contributed by atoms with Crippen LogP contribution in [0.25, 0.3) is 0 Å². The zero-order valence-electron chi connectivity index (χ0n) is 10.4. The molecular weight excluding hydrogens is 204 g/mol. The lowest BCUT2D eigenvalue weighted by molar-refractivity contribution is -0.127. The highest BCUT2D eigenvalue weighted by Gasteiger charge is 2.31. The molecule has 1 aliphatic carbocycles. The van der Waals surface area contributed by atoms with Gasteiger partial charge < -0.3 is 15.8 Å². The van der Waals surface area contributed by atoms with Gasteiger partial charge in [0.15, 0.2) is 0 Å². The monoisotopic (exact) mass is 228 g/mol. The predicted octanol–water partition coefficient (Wildman–Crippen LogP) is 1.19. The maximum atomic E-state index is 11.4.